The van der Waals surface area contributed by atoms with Crippen LogP contribution in [0.5, 0.6) is 0 Å². The summed E-state index contributed by atoms with van der Waals surface area (Å²) in [4.78, 5) is 73.0. The number of phosphoric ester groups is 2. The first kappa shape index (κ1) is 98.1. The summed E-state index contributed by atoms with van der Waals surface area (Å²) >= 11 is 0. The predicted molar refractivity (Wildman–Crippen MR) is 409 cm³/mol. The molecule has 0 aliphatic carbocycles. The van der Waals surface area contributed by atoms with E-state index in [2.05, 4.69) is 48.5 Å². The Kier molecular flexibility index (Phi) is 69.9. The number of ether oxygens (including phenoxy) is 4. The lowest BCUT2D eigenvalue weighted by Gasteiger charge is -2.21. The van der Waals surface area contributed by atoms with Crippen molar-refractivity contribution >= 4 is 39.5 Å². The number of esters is 4. The van der Waals surface area contributed by atoms with Crippen molar-refractivity contribution in [2.45, 2.75) is 439 Å². The lowest BCUT2D eigenvalue weighted by molar-refractivity contribution is -0.161. The van der Waals surface area contributed by atoms with Gasteiger partial charge in [0.2, 0.25) is 0 Å². The van der Waals surface area contributed by atoms with Gasteiger partial charge in [0, 0.05) is 25.7 Å². The molecule has 0 spiro atoms. The molecule has 17 nitrogen and oxygen atoms in total. The van der Waals surface area contributed by atoms with E-state index in [1.54, 1.807) is 0 Å². The number of aliphatic hydroxyl groups is 1. The van der Waals surface area contributed by atoms with Crippen molar-refractivity contribution in [2.75, 3.05) is 39.6 Å². The normalized spacial score (nSPS) is 14.2. The van der Waals surface area contributed by atoms with Gasteiger partial charge in [0.1, 0.15) is 19.3 Å². The van der Waals surface area contributed by atoms with Crippen molar-refractivity contribution in [3.05, 3.63) is 0 Å². The average Bonchev–Trinajstić information content (AvgIpc) is 0.939. The Balaban J connectivity index is 5.26. The average molecular weight is 1470 g/mol. The maximum absolute atomic E-state index is 13.1. The van der Waals surface area contributed by atoms with Gasteiger partial charge in [-0.1, -0.05) is 370 Å². The highest BCUT2D eigenvalue weighted by Gasteiger charge is 2.30. The van der Waals surface area contributed by atoms with Gasteiger partial charge >= 0.3 is 39.5 Å². The third-order valence-electron chi connectivity index (χ3n) is 19.2. The summed E-state index contributed by atoms with van der Waals surface area (Å²) in [5.41, 5.74) is 0. The molecule has 0 fully saturated rings. The number of rotatable bonds is 79. The van der Waals surface area contributed by atoms with Crippen molar-refractivity contribution in [3.63, 3.8) is 0 Å². The van der Waals surface area contributed by atoms with Gasteiger partial charge in [-0.15, -0.1) is 0 Å². The molecule has 19 heteroatoms. The summed E-state index contributed by atoms with van der Waals surface area (Å²) in [6.07, 6.45) is 59.5. The van der Waals surface area contributed by atoms with Crippen LogP contribution in [0.3, 0.4) is 0 Å². The van der Waals surface area contributed by atoms with Crippen LogP contribution >= 0.6 is 15.6 Å². The van der Waals surface area contributed by atoms with Gasteiger partial charge in [0.05, 0.1) is 26.4 Å². The fourth-order valence-electron chi connectivity index (χ4n) is 12.5. The molecular formula is C81H158O17P2. The van der Waals surface area contributed by atoms with E-state index in [9.17, 15) is 43.2 Å². The summed E-state index contributed by atoms with van der Waals surface area (Å²) in [7, 11) is -9.92. The molecule has 3 unspecified atom stereocenters. The van der Waals surface area contributed by atoms with E-state index in [1.807, 2.05) is 0 Å². The number of phosphoric acid groups is 2. The van der Waals surface area contributed by atoms with E-state index in [0.29, 0.717) is 25.7 Å². The van der Waals surface area contributed by atoms with Gasteiger partial charge in [-0.2, -0.15) is 0 Å². The molecule has 0 heterocycles. The van der Waals surface area contributed by atoms with Crippen LogP contribution in [-0.4, -0.2) is 96.7 Å². The smallest absolute Gasteiger partial charge is 0.462 e. The fourth-order valence-corrected chi connectivity index (χ4v) is 14.0. The Morgan fingerprint density at radius 3 is 0.760 bits per heavy atom. The van der Waals surface area contributed by atoms with Crippen molar-refractivity contribution < 1.29 is 80.2 Å². The first-order valence-corrected chi connectivity index (χ1v) is 44.9. The van der Waals surface area contributed by atoms with Crippen LogP contribution in [0, 0.1) is 17.8 Å². The topological polar surface area (TPSA) is 237 Å². The molecule has 3 N–H and O–H groups in total. The minimum absolute atomic E-state index is 0.106. The number of carbonyl (C=O) groups excluding carboxylic acids is 4. The molecule has 0 aliphatic rings. The van der Waals surface area contributed by atoms with Gasteiger partial charge < -0.3 is 33.8 Å². The molecule has 6 atom stereocenters. The summed E-state index contributed by atoms with van der Waals surface area (Å²) < 4.78 is 68.7. The molecule has 0 aromatic carbocycles. The van der Waals surface area contributed by atoms with Gasteiger partial charge in [0.15, 0.2) is 12.2 Å². The van der Waals surface area contributed by atoms with Crippen molar-refractivity contribution in [1.82, 2.24) is 0 Å². The maximum Gasteiger partial charge on any atom is 0.472 e. The van der Waals surface area contributed by atoms with Crippen LogP contribution in [0.4, 0.5) is 0 Å². The Morgan fingerprint density at radius 1 is 0.290 bits per heavy atom. The molecule has 0 radical (unpaired) electrons. The lowest BCUT2D eigenvalue weighted by atomic mass is 9.99. The second kappa shape index (κ2) is 71.3. The summed E-state index contributed by atoms with van der Waals surface area (Å²) in [6.45, 7) is 12.0. The largest absolute Gasteiger partial charge is 0.472 e. The van der Waals surface area contributed by atoms with Crippen LogP contribution < -0.4 is 0 Å². The first-order chi connectivity index (χ1) is 48.3. The summed E-state index contributed by atoms with van der Waals surface area (Å²) in [5.74, 6) is 0.295. The minimum atomic E-state index is -4.96. The third-order valence-corrected chi connectivity index (χ3v) is 21.1. The number of carbonyl (C=O) groups is 4. The van der Waals surface area contributed by atoms with Crippen LogP contribution in [0.2, 0.25) is 0 Å². The number of aliphatic hydroxyl groups excluding tert-OH is 1. The van der Waals surface area contributed by atoms with Gasteiger partial charge in [-0.25, -0.2) is 9.13 Å². The van der Waals surface area contributed by atoms with E-state index in [1.165, 1.54) is 231 Å². The highest BCUT2D eigenvalue weighted by molar-refractivity contribution is 7.47. The summed E-state index contributed by atoms with van der Waals surface area (Å²) in [6, 6.07) is 0. The van der Waals surface area contributed by atoms with Gasteiger partial charge in [-0.05, 0) is 43.4 Å². The minimum Gasteiger partial charge on any atom is -0.462 e. The van der Waals surface area contributed by atoms with Crippen LogP contribution in [0.25, 0.3) is 0 Å². The number of unbranched alkanes of at least 4 members (excludes halogenated alkanes) is 46. The monoisotopic (exact) mass is 1470 g/mol. The Morgan fingerprint density at radius 2 is 0.510 bits per heavy atom. The molecule has 0 saturated carbocycles. The number of hydrogen-bond acceptors (Lipinski definition) is 15. The molecule has 0 aromatic rings. The molecule has 0 aliphatic heterocycles. The zero-order chi connectivity index (χ0) is 73.7. The quantitative estimate of drug-likeness (QED) is 0.0222. The SMILES string of the molecule is CCCCCCCCCCCCCC(=O)OC[C@H](COP(=O)(O)OC[C@H](O)COP(=O)(O)OC[C@@H](COC(=O)CCCCCCCCCCCCCCCCC(C)C)OC(=O)CCCCCCCCCCCCCCCCCC(C)C)OC(=O)CCCCCCCCCCCCC(C)CC. The highest BCUT2D eigenvalue weighted by atomic mass is 31.2. The zero-order valence-corrected chi connectivity index (χ0v) is 67.5. The van der Waals surface area contributed by atoms with E-state index in [0.717, 1.165) is 108 Å². The van der Waals surface area contributed by atoms with Gasteiger partial charge in [0.25, 0.3) is 0 Å². The molecule has 0 bridgehead atoms. The summed E-state index contributed by atoms with van der Waals surface area (Å²) in [5, 5.41) is 10.6. The van der Waals surface area contributed by atoms with Crippen molar-refractivity contribution in [3.8, 4) is 0 Å². The molecule has 0 aromatic heterocycles. The van der Waals surface area contributed by atoms with Crippen LogP contribution in [0.15, 0.2) is 0 Å². The highest BCUT2D eigenvalue weighted by Crippen LogP contribution is 2.45. The lowest BCUT2D eigenvalue weighted by Crippen LogP contribution is -2.30. The molecular weight excluding hydrogens is 1310 g/mol. The molecule has 100 heavy (non-hydrogen) atoms. The first-order valence-electron chi connectivity index (χ1n) is 41.9. The van der Waals surface area contributed by atoms with Gasteiger partial charge in [-0.3, -0.25) is 37.3 Å². The Bertz CT molecular complexity index is 1940. The molecule has 0 rings (SSSR count). The second-order valence-electron chi connectivity index (χ2n) is 30.4. The predicted octanol–water partition coefficient (Wildman–Crippen LogP) is 24.1. The van der Waals surface area contributed by atoms with Crippen molar-refractivity contribution in [1.29, 1.82) is 0 Å². The van der Waals surface area contributed by atoms with E-state index >= 15 is 0 Å². The van der Waals surface area contributed by atoms with E-state index in [4.69, 9.17) is 37.0 Å². The molecule has 0 amide bonds. The second-order valence-corrected chi connectivity index (χ2v) is 33.3. The van der Waals surface area contributed by atoms with Crippen LogP contribution in [0.1, 0.15) is 421 Å². The Labute approximate surface area is 613 Å². The van der Waals surface area contributed by atoms with Crippen LogP contribution in [-0.2, 0) is 65.4 Å². The third kappa shape index (κ3) is 73.0. The van der Waals surface area contributed by atoms with E-state index < -0.39 is 97.5 Å². The standard InChI is InChI=1S/C81H158O17P2/c1-8-10-11-12-13-14-24-34-41-48-55-62-78(83)91-68-77(98-81(86)65-58-51-44-37-30-29-33-40-47-54-61-74(7)9-2)71-96-100(89,90)94-67-75(82)66-93-99(87,88)95-70-76(69-92-79(84)63-56-49-42-35-27-22-19-18-21-26-32-39-46-53-60-73(5)6)97-80(85)64-57-50-43-36-28-23-17-15-16-20-25-31-38-45-52-59-72(3)4/h72-77,82H,8-71H2,1-7H3,(H,87,88)(H,89,90)/t74?,75-,76-,77-/m1/s1. The Hall–Kier alpha value is -1.94. The number of hydrogen-bond donors (Lipinski definition) is 3. The molecule has 594 valence electrons. The fraction of sp³-hybridized carbons (Fsp3) is 0.951. The zero-order valence-electron chi connectivity index (χ0n) is 65.7. The van der Waals surface area contributed by atoms with Crippen molar-refractivity contribution in [2.24, 2.45) is 17.8 Å². The molecule has 0 saturated heterocycles. The maximum atomic E-state index is 13.1. The van der Waals surface area contributed by atoms with E-state index in [-0.39, 0.29) is 25.7 Å².